The number of fused-ring (bicyclic) bond motifs is 1. The average molecular weight is 328 g/mol. The van der Waals surface area contributed by atoms with Gasteiger partial charge in [-0.25, -0.2) is 4.98 Å². The number of likely N-dealkylation sites (tertiary alicyclic amines) is 1. The highest BCUT2D eigenvalue weighted by Gasteiger charge is 2.32. The summed E-state index contributed by atoms with van der Waals surface area (Å²) < 4.78 is 7.50. The minimum Gasteiger partial charge on any atom is -0.378 e. The van der Waals surface area contributed by atoms with Gasteiger partial charge < -0.3 is 14.0 Å². The second kappa shape index (κ2) is 6.91. The van der Waals surface area contributed by atoms with Gasteiger partial charge in [-0.3, -0.25) is 9.69 Å². The van der Waals surface area contributed by atoms with E-state index in [2.05, 4.69) is 20.4 Å². The fraction of sp³-hybridized carbons (Fsp3) is 0.556. The van der Waals surface area contributed by atoms with Crippen LogP contribution in [0, 0.1) is 0 Å². The second-order valence-corrected chi connectivity index (χ2v) is 6.59. The number of rotatable bonds is 3. The maximum absolute atomic E-state index is 13.0. The van der Waals surface area contributed by atoms with Crippen molar-refractivity contribution >= 4 is 11.6 Å². The van der Waals surface area contributed by atoms with Crippen molar-refractivity contribution in [2.24, 2.45) is 0 Å². The third kappa shape index (κ3) is 3.03. The van der Waals surface area contributed by atoms with E-state index >= 15 is 0 Å². The molecule has 1 unspecified atom stereocenters. The molecule has 2 saturated heterocycles. The topological polar surface area (TPSA) is 50.1 Å². The number of nitrogens with zero attached hydrogens (tertiary/aromatic N) is 4. The first kappa shape index (κ1) is 15.6. The van der Waals surface area contributed by atoms with E-state index in [0.29, 0.717) is 13.2 Å². The van der Waals surface area contributed by atoms with Crippen molar-refractivity contribution in [3.8, 4) is 0 Å². The lowest BCUT2D eigenvalue weighted by molar-refractivity contribution is -0.142. The van der Waals surface area contributed by atoms with Crippen LogP contribution in [-0.2, 0) is 16.1 Å². The van der Waals surface area contributed by atoms with Gasteiger partial charge >= 0.3 is 0 Å². The molecule has 0 bridgehead atoms. The molecule has 0 spiro atoms. The Morgan fingerprint density at radius 2 is 2.08 bits per heavy atom. The molecule has 0 radical (unpaired) electrons. The molecule has 2 aromatic rings. The molecule has 4 heterocycles. The molecule has 128 valence electrons. The van der Waals surface area contributed by atoms with E-state index in [1.165, 1.54) is 5.69 Å². The summed E-state index contributed by atoms with van der Waals surface area (Å²) in [5, 5.41) is 0. The number of pyridine rings is 1. The summed E-state index contributed by atoms with van der Waals surface area (Å²) in [5.41, 5.74) is 2.15. The predicted octanol–water partition coefficient (Wildman–Crippen LogP) is 1.55. The van der Waals surface area contributed by atoms with Gasteiger partial charge in [0.05, 0.1) is 19.3 Å². The summed E-state index contributed by atoms with van der Waals surface area (Å²) in [5.74, 6) is 0.274. The van der Waals surface area contributed by atoms with Gasteiger partial charge in [0.2, 0.25) is 5.91 Å². The molecule has 1 atom stereocenters. The summed E-state index contributed by atoms with van der Waals surface area (Å²) in [6.07, 6.45) is 7.06. The zero-order valence-corrected chi connectivity index (χ0v) is 13.9. The standard InChI is InChI=1S/C18H24N4O2/c23-18(20-10-12-24-13-11-20)16-5-1-2-8-21(16)14-15-4-3-6-17-19-7-9-22(15)17/h3-4,6-7,9,16H,1-2,5,8,10-14H2. The molecule has 1 amide bonds. The minimum absolute atomic E-state index is 0.00405. The smallest absolute Gasteiger partial charge is 0.240 e. The molecular weight excluding hydrogens is 304 g/mol. The van der Waals surface area contributed by atoms with Crippen molar-refractivity contribution in [1.29, 1.82) is 0 Å². The molecule has 2 aromatic heterocycles. The Hall–Kier alpha value is -1.92. The molecule has 4 rings (SSSR count). The summed E-state index contributed by atoms with van der Waals surface area (Å²) in [7, 11) is 0. The molecular formula is C18H24N4O2. The summed E-state index contributed by atoms with van der Waals surface area (Å²) in [4.78, 5) is 21.7. The number of hydrogen-bond donors (Lipinski definition) is 0. The second-order valence-electron chi connectivity index (χ2n) is 6.59. The quantitative estimate of drug-likeness (QED) is 0.858. The maximum atomic E-state index is 13.0. The van der Waals surface area contributed by atoms with Crippen molar-refractivity contribution in [3.05, 3.63) is 36.3 Å². The molecule has 6 nitrogen and oxygen atoms in total. The summed E-state index contributed by atoms with van der Waals surface area (Å²) in [6.45, 7) is 4.53. The number of imidazole rings is 1. The van der Waals surface area contributed by atoms with Crippen LogP contribution in [0.2, 0.25) is 0 Å². The number of carbonyl (C=O) groups excluding carboxylic acids is 1. The Balaban J connectivity index is 1.53. The highest BCUT2D eigenvalue weighted by atomic mass is 16.5. The fourth-order valence-electron chi connectivity index (χ4n) is 3.80. The first-order valence-electron chi connectivity index (χ1n) is 8.84. The lowest BCUT2D eigenvalue weighted by Crippen LogP contribution is -2.53. The Morgan fingerprint density at radius 3 is 2.96 bits per heavy atom. The Morgan fingerprint density at radius 1 is 1.21 bits per heavy atom. The maximum Gasteiger partial charge on any atom is 0.240 e. The van der Waals surface area contributed by atoms with Crippen LogP contribution in [0.4, 0.5) is 0 Å². The summed E-state index contributed by atoms with van der Waals surface area (Å²) >= 11 is 0. The van der Waals surface area contributed by atoms with Crippen molar-refractivity contribution in [1.82, 2.24) is 19.2 Å². The van der Waals surface area contributed by atoms with E-state index in [4.69, 9.17) is 4.74 Å². The van der Waals surface area contributed by atoms with Gasteiger partial charge in [-0.15, -0.1) is 0 Å². The zero-order chi connectivity index (χ0) is 16.4. The number of morpholine rings is 1. The van der Waals surface area contributed by atoms with Gasteiger partial charge in [-0.2, -0.15) is 0 Å². The van der Waals surface area contributed by atoms with Gasteiger partial charge in [0, 0.05) is 37.7 Å². The van der Waals surface area contributed by atoms with E-state index in [1.54, 1.807) is 0 Å². The Labute approximate surface area is 142 Å². The zero-order valence-electron chi connectivity index (χ0n) is 13.9. The first-order chi connectivity index (χ1) is 11.8. The Bertz CT molecular complexity index is 708. The number of amides is 1. The monoisotopic (exact) mass is 328 g/mol. The van der Waals surface area contributed by atoms with Gasteiger partial charge in [-0.1, -0.05) is 12.5 Å². The van der Waals surface area contributed by atoms with Crippen LogP contribution >= 0.6 is 0 Å². The van der Waals surface area contributed by atoms with Crippen molar-refractivity contribution in [3.63, 3.8) is 0 Å². The first-order valence-corrected chi connectivity index (χ1v) is 8.84. The van der Waals surface area contributed by atoms with E-state index in [1.807, 2.05) is 29.4 Å². The number of aromatic nitrogens is 2. The normalized spacial score (nSPS) is 22.8. The Kier molecular flexibility index (Phi) is 4.49. The van der Waals surface area contributed by atoms with Crippen LogP contribution in [0.25, 0.3) is 5.65 Å². The van der Waals surface area contributed by atoms with Crippen LogP contribution in [0.5, 0.6) is 0 Å². The van der Waals surface area contributed by atoms with Crippen LogP contribution < -0.4 is 0 Å². The number of hydrogen-bond acceptors (Lipinski definition) is 4. The van der Waals surface area contributed by atoms with E-state index < -0.39 is 0 Å². The van der Waals surface area contributed by atoms with E-state index in [9.17, 15) is 4.79 Å². The third-order valence-electron chi connectivity index (χ3n) is 5.10. The number of piperidine rings is 1. The molecule has 2 aliphatic rings. The number of carbonyl (C=O) groups is 1. The minimum atomic E-state index is -0.00405. The van der Waals surface area contributed by atoms with Gasteiger partial charge in [0.15, 0.2) is 0 Å². The van der Waals surface area contributed by atoms with Crippen LogP contribution in [0.15, 0.2) is 30.6 Å². The van der Waals surface area contributed by atoms with Gasteiger partial charge in [0.1, 0.15) is 5.65 Å². The highest BCUT2D eigenvalue weighted by Crippen LogP contribution is 2.22. The van der Waals surface area contributed by atoms with Gasteiger partial charge in [-0.05, 0) is 31.5 Å². The molecule has 0 aliphatic carbocycles. The molecule has 6 heteroatoms. The van der Waals surface area contributed by atoms with E-state index in [0.717, 1.165) is 51.1 Å². The van der Waals surface area contributed by atoms with Crippen LogP contribution in [0.3, 0.4) is 0 Å². The van der Waals surface area contributed by atoms with E-state index in [-0.39, 0.29) is 11.9 Å². The lowest BCUT2D eigenvalue weighted by atomic mass is 10.00. The third-order valence-corrected chi connectivity index (χ3v) is 5.10. The molecule has 0 saturated carbocycles. The summed E-state index contributed by atoms with van der Waals surface area (Å²) in [6, 6.07) is 6.17. The van der Waals surface area contributed by atoms with Crippen LogP contribution in [-0.4, -0.2) is 64.0 Å². The largest absolute Gasteiger partial charge is 0.378 e. The van der Waals surface area contributed by atoms with Crippen molar-refractivity contribution in [2.75, 3.05) is 32.8 Å². The molecule has 0 aromatic carbocycles. The predicted molar refractivity (Wildman–Crippen MR) is 90.6 cm³/mol. The highest BCUT2D eigenvalue weighted by molar-refractivity contribution is 5.82. The van der Waals surface area contributed by atoms with Gasteiger partial charge in [0.25, 0.3) is 0 Å². The molecule has 0 N–H and O–H groups in total. The molecule has 24 heavy (non-hydrogen) atoms. The molecule has 2 aliphatic heterocycles. The molecule has 2 fully saturated rings. The number of ether oxygens (including phenoxy) is 1. The van der Waals surface area contributed by atoms with Crippen molar-refractivity contribution in [2.45, 2.75) is 31.8 Å². The fourth-order valence-corrected chi connectivity index (χ4v) is 3.80. The van der Waals surface area contributed by atoms with Crippen LogP contribution in [0.1, 0.15) is 25.0 Å². The van der Waals surface area contributed by atoms with Crippen molar-refractivity contribution < 1.29 is 9.53 Å². The average Bonchev–Trinajstić information content (AvgIpc) is 3.12. The lowest BCUT2D eigenvalue weighted by Gasteiger charge is -2.38. The SMILES string of the molecule is O=C(C1CCCCN1Cc1cccc2nccn12)N1CCOCC1.